The second kappa shape index (κ2) is 6.90. The van der Waals surface area contributed by atoms with E-state index in [2.05, 4.69) is 21.4 Å². The average molecular weight is 292 g/mol. The number of hydrogen-bond donors (Lipinski definition) is 1. The summed E-state index contributed by atoms with van der Waals surface area (Å²) in [6, 6.07) is 0.939. The lowest BCUT2D eigenvalue weighted by Gasteiger charge is -2.38. The summed E-state index contributed by atoms with van der Waals surface area (Å²) >= 11 is 0. The maximum atomic E-state index is 6.11. The van der Waals surface area contributed by atoms with Crippen molar-refractivity contribution in [2.24, 2.45) is 5.73 Å². The van der Waals surface area contributed by atoms with Gasteiger partial charge in [-0.2, -0.15) is 0 Å². The largest absolute Gasteiger partial charge is 0.377 e. The molecule has 0 radical (unpaired) electrons. The highest BCUT2D eigenvalue weighted by Crippen LogP contribution is 2.38. The molecule has 118 valence electrons. The third kappa shape index (κ3) is 3.47. The molecule has 2 fully saturated rings. The number of piperidine rings is 1. The molecule has 1 aliphatic carbocycles. The first-order valence-electron chi connectivity index (χ1n) is 8.41. The number of likely N-dealkylation sites (tertiary alicyclic amines) is 1. The van der Waals surface area contributed by atoms with E-state index in [0.717, 1.165) is 26.1 Å². The standard InChI is InChI=1S/C16H28N4O/c1-2-8-21-14-4-3-7-19(11-14)15(9-17)16-10-18-12-20(16)13-5-6-13/h10,12-15H,2-9,11,17H2,1H3. The molecule has 2 heterocycles. The van der Waals surface area contributed by atoms with Crippen LogP contribution in [-0.2, 0) is 4.74 Å². The summed E-state index contributed by atoms with van der Waals surface area (Å²) < 4.78 is 8.30. The second-order valence-electron chi connectivity index (χ2n) is 6.34. The fourth-order valence-electron chi connectivity index (χ4n) is 3.36. The zero-order chi connectivity index (χ0) is 14.7. The zero-order valence-corrected chi connectivity index (χ0v) is 13.1. The monoisotopic (exact) mass is 292 g/mol. The summed E-state index contributed by atoms with van der Waals surface area (Å²) in [6.07, 6.45) is 10.4. The van der Waals surface area contributed by atoms with E-state index < -0.39 is 0 Å². The molecule has 1 aromatic heterocycles. The van der Waals surface area contributed by atoms with Gasteiger partial charge in [0.15, 0.2) is 0 Å². The quantitative estimate of drug-likeness (QED) is 0.836. The van der Waals surface area contributed by atoms with Crippen LogP contribution in [0.5, 0.6) is 0 Å². The Bertz CT molecular complexity index is 443. The molecular formula is C16H28N4O. The lowest BCUT2D eigenvalue weighted by molar-refractivity contribution is -0.0127. The van der Waals surface area contributed by atoms with Crippen LogP contribution in [0.3, 0.4) is 0 Å². The molecule has 3 rings (SSSR count). The fraction of sp³-hybridized carbons (Fsp3) is 0.812. The van der Waals surface area contributed by atoms with Gasteiger partial charge in [0, 0.05) is 31.9 Å². The van der Waals surface area contributed by atoms with E-state index in [0.29, 0.717) is 18.7 Å². The first-order chi connectivity index (χ1) is 10.3. The van der Waals surface area contributed by atoms with Crippen molar-refractivity contribution in [3.8, 4) is 0 Å². The van der Waals surface area contributed by atoms with Gasteiger partial charge in [-0.3, -0.25) is 4.90 Å². The molecule has 1 saturated heterocycles. The van der Waals surface area contributed by atoms with Crippen molar-refractivity contribution in [2.75, 3.05) is 26.2 Å². The fourth-order valence-corrected chi connectivity index (χ4v) is 3.36. The van der Waals surface area contributed by atoms with Crippen molar-refractivity contribution in [3.63, 3.8) is 0 Å². The third-order valence-electron chi connectivity index (χ3n) is 4.61. The highest BCUT2D eigenvalue weighted by molar-refractivity contribution is 5.10. The first-order valence-corrected chi connectivity index (χ1v) is 8.41. The molecule has 2 atom stereocenters. The minimum atomic E-state index is 0.279. The minimum absolute atomic E-state index is 0.279. The lowest BCUT2D eigenvalue weighted by atomic mass is 10.0. The molecule has 0 spiro atoms. The summed E-state index contributed by atoms with van der Waals surface area (Å²) in [5, 5.41) is 0. The van der Waals surface area contributed by atoms with E-state index in [4.69, 9.17) is 10.5 Å². The number of nitrogens with zero attached hydrogens (tertiary/aromatic N) is 3. The molecule has 2 aliphatic rings. The summed E-state index contributed by atoms with van der Waals surface area (Å²) in [6.45, 7) is 5.80. The van der Waals surface area contributed by atoms with Crippen molar-refractivity contribution >= 4 is 0 Å². The van der Waals surface area contributed by atoms with Crippen molar-refractivity contribution in [1.82, 2.24) is 14.5 Å². The summed E-state index contributed by atoms with van der Waals surface area (Å²) in [5.41, 5.74) is 7.39. The number of aromatic nitrogens is 2. The zero-order valence-electron chi connectivity index (χ0n) is 13.1. The molecule has 5 nitrogen and oxygen atoms in total. The van der Waals surface area contributed by atoms with Gasteiger partial charge in [0.1, 0.15) is 0 Å². The Morgan fingerprint density at radius 3 is 3.00 bits per heavy atom. The van der Waals surface area contributed by atoms with Crippen LogP contribution in [0.25, 0.3) is 0 Å². The third-order valence-corrected chi connectivity index (χ3v) is 4.61. The maximum absolute atomic E-state index is 6.11. The molecule has 1 aromatic rings. The molecule has 5 heteroatoms. The molecule has 1 aliphatic heterocycles. The molecule has 0 aromatic carbocycles. The SMILES string of the molecule is CCCOC1CCCN(C(CN)c2cncn2C2CC2)C1. The predicted octanol–water partition coefficient (Wildman–Crippen LogP) is 2.11. The van der Waals surface area contributed by atoms with Gasteiger partial charge in [-0.15, -0.1) is 0 Å². The Hall–Kier alpha value is -0.910. The van der Waals surface area contributed by atoms with Gasteiger partial charge in [-0.05, 0) is 38.6 Å². The van der Waals surface area contributed by atoms with E-state index in [9.17, 15) is 0 Å². The molecule has 1 saturated carbocycles. The topological polar surface area (TPSA) is 56.3 Å². The number of ether oxygens (including phenoxy) is 1. The maximum Gasteiger partial charge on any atom is 0.0951 e. The van der Waals surface area contributed by atoms with Crippen LogP contribution in [0, 0.1) is 0 Å². The Balaban J connectivity index is 1.68. The van der Waals surface area contributed by atoms with E-state index in [1.807, 2.05) is 12.5 Å². The van der Waals surface area contributed by atoms with E-state index >= 15 is 0 Å². The highest BCUT2D eigenvalue weighted by Gasteiger charge is 2.32. The van der Waals surface area contributed by atoms with Gasteiger partial charge in [0.05, 0.1) is 24.2 Å². The van der Waals surface area contributed by atoms with Crippen LogP contribution >= 0.6 is 0 Å². The van der Waals surface area contributed by atoms with Crippen LogP contribution in [0.2, 0.25) is 0 Å². The molecule has 0 amide bonds. The highest BCUT2D eigenvalue weighted by atomic mass is 16.5. The molecule has 2 unspecified atom stereocenters. The van der Waals surface area contributed by atoms with Crippen LogP contribution in [0.1, 0.15) is 56.8 Å². The molecular weight excluding hydrogens is 264 g/mol. The van der Waals surface area contributed by atoms with Crippen LogP contribution < -0.4 is 5.73 Å². The van der Waals surface area contributed by atoms with Gasteiger partial charge < -0.3 is 15.0 Å². The van der Waals surface area contributed by atoms with Gasteiger partial charge in [0.2, 0.25) is 0 Å². The molecule has 21 heavy (non-hydrogen) atoms. The van der Waals surface area contributed by atoms with Crippen molar-refractivity contribution < 1.29 is 4.74 Å². The number of nitrogens with two attached hydrogens (primary N) is 1. The Labute approximate surface area is 127 Å². The second-order valence-corrected chi connectivity index (χ2v) is 6.34. The predicted molar refractivity (Wildman–Crippen MR) is 83.1 cm³/mol. The summed E-state index contributed by atoms with van der Waals surface area (Å²) in [4.78, 5) is 6.86. The van der Waals surface area contributed by atoms with E-state index in [1.54, 1.807) is 0 Å². The van der Waals surface area contributed by atoms with Crippen LogP contribution in [0.4, 0.5) is 0 Å². The Kier molecular flexibility index (Phi) is 4.93. The normalized spacial score (nSPS) is 25.1. The smallest absolute Gasteiger partial charge is 0.0951 e. The Morgan fingerprint density at radius 2 is 2.29 bits per heavy atom. The van der Waals surface area contributed by atoms with Gasteiger partial charge >= 0.3 is 0 Å². The van der Waals surface area contributed by atoms with E-state index in [1.165, 1.54) is 31.4 Å². The lowest BCUT2D eigenvalue weighted by Crippen LogP contribution is -2.44. The number of rotatable bonds is 7. The Morgan fingerprint density at radius 1 is 1.43 bits per heavy atom. The first kappa shape index (κ1) is 15.0. The summed E-state index contributed by atoms with van der Waals surface area (Å²) in [5.74, 6) is 0. The van der Waals surface area contributed by atoms with E-state index in [-0.39, 0.29) is 6.04 Å². The number of hydrogen-bond acceptors (Lipinski definition) is 4. The van der Waals surface area contributed by atoms with Crippen molar-refractivity contribution in [3.05, 3.63) is 18.2 Å². The van der Waals surface area contributed by atoms with Crippen molar-refractivity contribution in [2.45, 2.75) is 57.2 Å². The molecule has 0 bridgehead atoms. The average Bonchev–Trinajstić information content (AvgIpc) is 3.25. The van der Waals surface area contributed by atoms with Gasteiger partial charge in [0.25, 0.3) is 0 Å². The van der Waals surface area contributed by atoms with Crippen molar-refractivity contribution in [1.29, 1.82) is 0 Å². The van der Waals surface area contributed by atoms with Crippen LogP contribution in [0.15, 0.2) is 12.5 Å². The van der Waals surface area contributed by atoms with Gasteiger partial charge in [-0.25, -0.2) is 4.98 Å². The molecule has 2 N–H and O–H groups in total. The minimum Gasteiger partial charge on any atom is -0.377 e. The number of imidazole rings is 1. The van der Waals surface area contributed by atoms with Crippen LogP contribution in [-0.4, -0.2) is 46.8 Å². The summed E-state index contributed by atoms with van der Waals surface area (Å²) in [7, 11) is 0. The van der Waals surface area contributed by atoms with Gasteiger partial charge in [-0.1, -0.05) is 6.92 Å².